The largest absolute Gasteiger partial charge is 0.328 e. The van der Waals surface area contributed by atoms with Crippen LogP contribution in [-0.2, 0) is 16.6 Å². The second-order valence-corrected chi connectivity index (χ2v) is 8.91. The van der Waals surface area contributed by atoms with Crippen LogP contribution in [0.1, 0.15) is 15.9 Å². The number of aromatic nitrogens is 1. The summed E-state index contributed by atoms with van der Waals surface area (Å²) in [4.78, 5) is 16.9. The van der Waals surface area contributed by atoms with Crippen molar-refractivity contribution in [2.75, 3.05) is 4.72 Å². The first-order valence-corrected chi connectivity index (χ1v) is 11.6. The summed E-state index contributed by atoms with van der Waals surface area (Å²) in [6.45, 7) is 0.567. The zero-order chi connectivity index (χ0) is 23.3. The summed E-state index contributed by atoms with van der Waals surface area (Å²) in [5.74, 6) is -0.972. The van der Waals surface area contributed by atoms with E-state index < -0.39 is 21.7 Å². The van der Waals surface area contributed by atoms with Gasteiger partial charge in [-0.25, -0.2) is 12.8 Å². The van der Waals surface area contributed by atoms with E-state index in [1.165, 1.54) is 36.4 Å². The number of nitrogens with zero attached hydrogens (tertiary/aromatic N) is 2. The highest BCUT2D eigenvalue weighted by atomic mass is 32.2. The average Bonchev–Trinajstić information content (AvgIpc) is 2.81. The molecule has 3 aromatic carbocycles. The van der Waals surface area contributed by atoms with Gasteiger partial charge in [0.25, 0.3) is 15.9 Å². The number of amides is 1. The van der Waals surface area contributed by atoms with Crippen molar-refractivity contribution >= 4 is 21.6 Å². The maximum absolute atomic E-state index is 13.1. The first-order valence-electron chi connectivity index (χ1n) is 10.1. The summed E-state index contributed by atoms with van der Waals surface area (Å²) >= 11 is 0. The van der Waals surface area contributed by atoms with Crippen LogP contribution in [-0.4, -0.2) is 18.9 Å². The van der Waals surface area contributed by atoms with Gasteiger partial charge < -0.3 is 4.57 Å². The van der Waals surface area contributed by atoms with Crippen LogP contribution in [0.3, 0.4) is 0 Å². The molecule has 166 valence electrons. The van der Waals surface area contributed by atoms with E-state index in [4.69, 9.17) is 0 Å². The van der Waals surface area contributed by atoms with Crippen LogP contribution in [0.4, 0.5) is 10.1 Å². The minimum Gasteiger partial charge on any atom is -0.328 e. The molecule has 0 aliphatic rings. The molecule has 0 radical (unpaired) electrons. The third kappa shape index (κ3) is 5.61. The first-order chi connectivity index (χ1) is 15.9. The zero-order valence-corrected chi connectivity index (χ0v) is 18.2. The molecule has 0 atom stereocenters. The molecule has 4 aromatic rings. The van der Waals surface area contributed by atoms with Crippen LogP contribution in [0.5, 0.6) is 0 Å². The summed E-state index contributed by atoms with van der Waals surface area (Å²) < 4.78 is 42.2. The van der Waals surface area contributed by atoms with E-state index in [1.54, 1.807) is 12.1 Å². The van der Waals surface area contributed by atoms with Crippen molar-refractivity contribution in [3.05, 3.63) is 126 Å². The molecule has 0 bridgehead atoms. The molecule has 33 heavy (non-hydrogen) atoms. The summed E-state index contributed by atoms with van der Waals surface area (Å²) in [7, 11) is -3.88. The number of sulfonamides is 1. The van der Waals surface area contributed by atoms with Crippen molar-refractivity contribution in [3.8, 4) is 0 Å². The summed E-state index contributed by atoms with van der Waals surface area (Å²) in [5.41, 5.74) is 2.17. The van der Waals surface area contributed by atoms with Gasteiger partial charge in [-0.2, -0.15) is 4.99 Å². The van der Waals surface area contributed by atoms with Gasteiger partial charge in [0.1, 0.15) is 11.3 Å². The van der Waals surface area contributed by atoms with Crippen LogP contribution >= 0.6 is 0 Å². The van der Waals surface area contributed by atoms with Crippen LogP contribution in [0.2, 0.25) is 0 Å². The molecule has 8 heteroatoms. The molecule has 1 amide bonds. The average molecular weight is 462 g/mol. The Labute approximate surface area is 190 Å². The fourth-order valence-corrected chi connectivity index (χ4v) is 4.22. The number of hydrogen-bond acceptors (Lipinski definition) is 3. The molecule has 4 rings (SSSR count). The highest BCUT2D eigenvalue weighted by Crippen LogP contribution is 2.17. The Morgan fingerprint density at radius 1 is 0.848 bits per heavy atom. The third-order valence-electron chi connectivity index (χ3n) is 4.84. The van der Waals surface area contributed by atoms with E-state index in [0.29, 0.717) is 17.6 Å². The highest BCUT2D eigenvalue weighted by Gasteiger charge is 2.14. The first kappa shape index (κ1) is 22.2. The molecule has 0 fully saturated rings. The smallest absolute Gasteiger partial charge is 0.278 e. The van der Waals surface area contributed by atoms with Crippen molar-refractivity contribution < 1.29 is 17.6 Å². The minimum atomic E-state index is -3.88. The zero-order valence-electron chi connectivity index (χ0n) is 17.4. The lowest BCUT2D eigenvalue weighted by molar-refractivity contribution is 0.0997. The van der Waals surface area contributed by atoms with Crippen LogP contribution in [0.15, 0.2) is 113 Å². The van der Waals surface area contributed by atoms with Gasteiger partial charge in [0.2, 0.25) is 0 Å². The molecule has 0 aliphatic carbocycles. The van der Waals surface area contributed by atoms with Gasteiger partial charge in [-0.1, -0.05) is 36.4 Å². The number of hydrogen-bond donors (Lipinski definition) is 1. The molecule has 1 N–H and O–H groups in total. The van der Waals surface area contributed by atoms with Crippen molar-refractivity contribution in [1.29, 1.82) is 0 Å². The third-order valence-corrected chi connectivity index (χ3v) is 6.23. The van der Waals surface area contributed by atoms with E-state index in [0.717, 1.165) is 17.7 Å². The predicted octanol–water partition coefficient (Wildman–Crippen LogP) is 4.22. The predicted molar refractivity (Wildman–Crippen MR) is 124 cm³/mol. The maximum Gasteiger partial charge on any atom is 0.278 e. The number of anilines is 1. The lowest BCUT2D eigenvalue weighted by Crippen LogP contribution is -2.22. The fraction of sp³-hybridized carbons (Fsp3) is 0.0400. The van der Waals surface area contributed by atoms with Crippen LogP contribution in [0, 0.1) is 5.82 Å². The Bertz CT molecular complexity index is 1430. The van der Waals surface area contributed by atoms with Gasteiger partial charge in [-0.15, -0.1) is 0 Å². The molecule has 0 saturated heterocycles. The van der Waals surface area contributed by atoms with Gasteiger partial charge in [0.05, 0.1) is 4.90 Å². The van der Waals surface area contributed by atoms with Gasteiger partial charge in [0.15, 0.2) is 0 Å². The van der Waals surface area contributed by atoms with Crippen LogP contribution < -0.4 is 10.2 Å². The number of rotatable bonds is 6. The Kier molecular flexibility index (Phi) is 6.46. The summed E-state index contributed by atoms with van der Waals surface area (Å²) in [6.07, 6.45) is 1.85. The molecule has 6 nitrogen and oxygen atoms in total. The lowest BCUT2D eigenvalue weighted by atomic mass is 10.2. The van der Waals surface area contributed by atoms with Crippen molar-refractivity contribution in [2.45, 2.75) is 11.4 Å². The van der Waals surface area contributed by atoms with E-state index in [-0.39, 0.29) is 10.6 Å². The van der Waals surface area contributed by atoms with Gasteiger partial charge in [0, 0.05) is 24.0 Å². The molecule has 1 heterocycles. The highest BCUT2D eigenvalue weighted by molar-refractivity contribution is 7.92. The van der Waals surface area contributed by atoms with E-state index in [1.807, 2.05) is 47.2 Å². The molecular weight excluding hydrogens is 441 g/mol. The maximum atomic E-state index is 13.1. The number of carbonyl (C=O) groups excluding carboxylic acids is 1. The topological polar surface area (TPSA) is 80.5 Å². The molecule has 0 unspecified atom stereocenters. The van der Waals surface area contributed by atoms with Gasteiger partial charge in [-0.05, 0) is 66.2 Å². The minimum absolute atomic E-state index is 0.0638. The van der Waals surface area contributed by atoms with Crippen molar-refractivity contribution in [3.63, 3.8) is 0 Å². The van der Waals surface area contributed by atoms with Gasteiger partial charge >= 0.3 is 0 Å². The summed E-state index contributed by atoms with van der Waals surface area (Å²) in [5, 5.41) is 0. The normalized spacial score (nSPS) is 11.8. The molecule has 0 spiro atoms. The van der Waals surface area contributed by atoms with Crippen molar-refractivity contribution in [1.82, 2.24) is 4.57 Å². The Balaban J connectivity index is 1.52. The molecule has 0 aliphatic heterocycles. The standard InChI is InChI=1S/C25H20FN3O3S/c26-21-11-15-23(16-12-21)33(31,32)28-22-13-9-20(10-14-22)25(30)27-24-8-4-5-17-29(24)18-19-6-2-1-3-7-19/h1-17,28H,18H2. The Morgan fingerprint density at radius 3 is 2.21 bits per heavy atom. The van der Waals surface area contributed by atoms with Gasteiger partial charge in [-0.3, -0.25) is 9.52 Å². The second-order valence-electron chi connectivity index (χ2n) is 7.23. The molecular formula is C25H20FN3O3S. The Hall–Kier alpha value is -4.04. The van der Waals surface area contributed by atoms with E-state index in [2.05, 4.69) is 9.71 Å². The van der Waals surface area contributed by atoms with E-state index in [9.17, 15) is 17.6 Å². The number of nitrogens with one attached hydrogen (secondary N) is 1. The SMILES string of the molecule is O=C(N=c1ccccn1Cc1ccccc1)c1ccc(NS(=O)(=O)c2ccc(F)cc2)cc1. The number of carbonyl (C=O) groups is 1. The molecule has 1 aromatic heterocycles. The second kappa shape index (κ2) is 9.62. The van der Waals surface area contributed by atoms with E-state index >= 15 is 0 Å². The number of benzene rings is 3. The fourth-order valence-electron chi connectivity index (χ4n) is 3.16. The summed E-state index contributed by atoms with van der Waals surface area (Å²) in [6, 6.07) is 25.7. The van der Waals surface area contributed by atoms with Crippen molar-refractivity contribution in [2.24, 2.45) is 4.99 Å². The Morgan fingerprint density at radius 2 is 1.52 bits per heavy atom. The van der Waals surface area contributed by atoms with Crippen LogP contribution in [0.25, 0.3) is 0 Å². The quantitative estimate of drug-likeness (QED) is 0.467. The number of halogens is 1. The lowest BCUT2D eigenvalue weighted by Gasteiger charge is -2.09. The molecule has 0 saturated carbocycles. The number of pyridine rings is 1. The monoisotopic (exact) mass is 461 g/mol.